The molecule has 3 heteroatoms. The summed E-state index contributed by atoms with van der Waals surface area (Å²) in [5, 5.41) is 0. The van der Waals surface area contributed by atoms with Gasteiger partial charge in [-0.2, -0.15) is 0 Å². The minimum Gasteiger partial charge on any atom is -0.328 e. The molecule has 0 amide bonds. The molecule has 8 atom stereocenters. The van der Waals surface area contributed by atoms with E-state index in [1.165, 1.54) is 19.3 Å². The summed E-state index contributed by atoms with van der Waals surface area (Å²) < 4.78 is 0. The summed E-state index contributed by atoms with van der Waals surface area (Å²) in [6, 6.07) is 0.359. The van der Waals surface area contributed by atoms with Crippen molar-refractivity contribution in [3.05, 3.63) is 0 Å². The molecule has 0 aliphatic heterocycles. The highest BCUT2D eigenvalue weighted by molar-refractivity contribution is 5.93. The molecule has 24 heavy (non-hydrogen) atoms. The normalized spacial score (nSPS) is 53.9. The number of fused-ring (bicyclic) bond motifs is 5. The Morgan fingerprint density at radius 1 is 1.08 bits per heavy atom. The minimum absolute atomic E-state index is 0.0266. The van der Waals surface area contributed by atoms with Crippen molar-refractivity contribution < 1.29 is 9.59 Å². The van der Waals surface area contributed by atoms with Gasteiger partial charge in [-0.1, -0.05) is 13.8 Å². The lowest BCUT2D eigenvalue weighted by atomic mass is 9.44. The van der Waals surface area contributed by atoms with E-state index in [1.807, 2.05) is 0 Å². The van der Waals surface area contributed by atoms with Crippen LogP contribution in [-0.2, 0) is 9.59 Å². The van der Waals surface area contributed by atoms with E-state index in [-0.39, 0.29) is 17.1 Å². The third-order valence-corrected chi connectivity index (χ3v) is 9.06. The van der Waals surface area contributed by atoms with Crippen molar-refractivity contribution in [1.82, 2.24) is 0 Å². The van der Waals surface area contributed by atoms with Crippen LogP contribution in [0.25, 0.3) is 0 Å². The molecular formula is C21H33NO2. The number of hydrogen-bond acceptors (Lipinski definition) is 3. The fourth-order valence-corrected chi connectivity index (χ4v) is 7.65. The van der Waals surface area contributed by atoms with E-state index in [4.69, 9.17) is 5.73 Å². The van der Waals surface area contributed by atoms with E-state index in [0.29, 0.717) is 47.3 Å². The second kappa shape index (κ2) is 5.40. The number of carbonyl (C=O) groups excluding carboxylic acids is 2. The van der Waals surface area contributed by atoms with Gasteiger partial charge in [-0.15, -0.1) is 0 Å². The van der Waals surface area contributed by atoms with E-state index in [2.05, 4.69) is 13.8 Å². The third-order valence-electron chi connectivity index (χ3n) is 9.06. The molecule has 0 aromatic rings. The van der Waals surface area contributed by atoms with Gasteiger partial charge in [-0.3, -0.25) is 9.59 Å². The maximum Gasteiger partial charge on any atom is 0.140 e. The first kappa shape index (κ1) is 16.8. The van der Waals surface area contributed by atoms with Crippen molar-refractivity contribution in [2.24, 2.45) is 46.2 Å². The predicted molar refractivity (Wildman–Crippen MR) is 94.3 cm³/mol. The van der Waals surface area contributed by atoms with Gasteiger partial charge in [0, 0.05) is 23.8 Å². The Morgan fingerprint density at radius 3 is 2.54 bits per heavy atom. The van der Waals surface area contributed by atoms with Crippen molar-refractivity contribution in [2.45, 2.75) is 78.2 Å². The summed E-state index contributed by atoms with van der Waals surface area (Å²) in [6.45, 7) is 6.27. The molecule has 0 spiro atoms. The number of carbonyl (C=O) groups is 2. The van der Waals surface area contributed by atoms with Crippen LogP contribution in [-0.4, -0.2) is 17.6 Å². The zero-order valence-electron chi connectivity index (χ0n) is 15.5. The second-order valence-corrected chi connectivity index (χ2v) is 9.84. The van der Waals surface area contributed by atoms with Gasteiger partial charge in [0.2, 0.25) is 0 Å². The zero-order chi connectivity index (χ0) is 17.3. The minimum atomic E-state index is -0.374. The van der Waals surface area contributed by atoms with Crippen molar-refractivity contribution in [3.8, 4) is 0 Å². The van der Waals surface area contributed by atoms with E-state index in [1.54, 1.807) is 6.92 Å². The van der Waals surface area contributed by atoms with Gasteiger partial charge in [-0.25, -0.2) is 0 Å². The van der Waals surface area contributed by atoms with Gasteiger partial charge >= 0.3 is 0 Å². The first-order valence-corrected chi connectivity index (χ1v) is 10.1. The van der Waals surface area contributed by atoms with Gasteiger partial charge in [0.25, 0.3) is 0 Å². The summed E-state index contributed by atoms with van der Waals surface area (Å²) >= 11 is 0. The number of hydrogen-bond donors (Lipinski definition) is 1. The van der Waals surface area contributed by atoms with E-state index < -0.39 is 0 Å². The van der Waals surface area contributed by atoms with Crippen molar-refractivity contribution in [1.29, 1.82) is 0 Å². The summed E-state index contributed by atoms with van der Waals surface area (Å²) in [6.07, 6.45) is 8.68. The van der Waals surface area contributed by atoms with E-state index in [9.17, 15) is 9.59 Å². The molecule has 0 radical (unpaired) electrons. The summed E-state index contributed by atoms with van der Waals surface area (Å²) in [4.78, 5) is 25.4. The fraction of sp³-hybridized carbons (Fsp3) is 0.905. The zero-order valence-corrected chi connectivity index (χ0v) is 15.5. The molecular weight excluding hydrogens is 298 g/mol. The highest BCUT2D eigenvalue weighted by Crippen LogP contribution is 2.66. The summed E-state index contributed by atoms with van der Waals surface area (Å²) in [5.74, 6) is 2.91. The molecule has 2 N–H and O–H groups in total. The van der Waals surface area contributed by atoms with Crippen LogP contribution >= 0.6 is 0 Å². The molecule has 4 aliphatic carbocycles. The molecule has 3 nitrogen and oxygen atoms in total. The molecule has 0 aromatic heterocycles. The van der Waals surface area contributed by atoms with E-state index >= 15 is 0 Å². The van der Waals surface area contributed by atoms with Crippen molar-refractivity contribution >= 4 is 11.6 Å². The average molecular weight is 332 g/mol. The van der Waals surface area contributed by atoms with Crippen molar-refractivity contribution in [3.63, 3.8) is 0 Å². The van der Waals surface area contributed by atoms with Gasteiger partial charge in [0.05, 0.1) is 0 Å². The van der Waals surface area contributed by atoms with Crippen LogP contribution in [0.4, 0.5) is 0 Å². The second-order valence-electron chi connectivity index (χ2n) is 9.84. The third kappa shape index (κ3) is 2.06. The highest BCUT2D eigenvalue weighted by Gasteiger charge is 2.64. The van der Waals surface area contributed by atoms with Gasteiger partial charge < -0.3 is 5.73 Å². The molecule has 0 saturated heterocycles. The Labute approximate surface area is 146 Å². The topological polar surface area (TPSA) is 60.2 Å². The molecule has 4 fully saturated rings. The monoisotopic (exact) mass is 331 g/mol. The first-order chi connectivity index (χ1) is 11.3. The summed E-state index contributed by atoms with van der Waals surface area (Å²) in [5.41, 5.74) is 6.17. The fourth-order valence-electron chi connectivity index (χ4n) is 7.65. The Hall–Kier alpha value is -0.700. The Morgan fingerprint density at radius 2 is 1.83 bits per heavy atom. The molecule has 0 heterocycles. The van der Waals surface area contributed by atoms with Crippen LogP contribution in [0.3, 0.4) is 0 Å². The van der Waals surface area contributed by atoms with Crippen LogP contribution in [0, 0.1) is 40.4 Å². The Balaban J connectivity index is 1.68. The lowest BCUT2D eigenvalue weighted by Crippen LogP contribution is -2.58. The van der Waals surface area contributed by atoms with Gasteiger partial charge in [-0.05, 0) is 81.0 Å². The maximum absolute atomic E-state index is 13.3. The molecule has 0 aromatic carbocycles. The quantitative estimate of drug-likeness (QED) is 0.796. The molecule has 134 valence electrons. The first-order valence-electron chi connectivity index (χ1n) is 10.1. The Bertz CT molecular complexity index is 572. The van der Waals surface area contributed by atoms with Gasteiger partial charge in [0.1, 0.15) is 11.6 Å². The van der Waals surface area contributed by atoms with Crippen LogP contribution in [0.15, 0.2) is 0 Å². The van der Waals surface area contributed by atoms with Crippen LogP contribution in [0.1, 0.15) is 72.1 Å². The van der Waals surface area contributed by atoms with Crippen LogP contribution < -0.4 is 5.73 Å². The lowest BCUT2D eigenvalue weighted by molar-refractivity contribution is -0.158. The Kier molecular flexibility index (Phi) is 3.77. The molecule has 4 rings (SSSR count). The van der Waals surface area contributed by atoms with Crippen LogP contribution in [0.2, 0.25) is 0 Å². The maximum atomic E-state index is 13.3. The van der Waals surface area contributed by atoms with Crippen molar-refractivity contribution in [2.75, 3.05) is 0 Å². The number of nitrogens with two attached hydrogens (primary N) is 1. The SMILES string of the molecule is CC(=O)[C@H]1CCC2C3CCC4CC(N)CC[C@]4(C)C3CC(=O)[C@@]21C. The number of rotatable bonds is 1. The molecule has 5 unspecified atom stereocenters. The highest BCUT2D eigenvalue weighted by atomic mass is 16.1. The summed E-state index contributed by atoms with van der Waals surface area (Å²) in [7, 11) is 0. The van der Waals surface area contributed by atoms with E-state index in [0.717, 1.165) is 25.7 Å². The number of Topliss-reactive ketones (excluding diaryl/α,β-unsaturated/α-hetero) is 2. The van der Waals surface area contributed by atoms with Crippen LogP contribution in [0.5, 0.6) is 0 Å². The smallest absolute Gasteiger partial charge is 0.140 e. The molecule has 4 aliphatic rings. The average Bonchev–Trinajstić information content (AvgIpc) is 2.88. The standard InChI is InChI=1S/C21H33NO2/c1-12(23)16-6-7-17-15-5-4-13-10-14(22)8-9-20(13,2)18(15)11-19(24)21(16,17)3/h13-18H,4-11,22H2,1-3H3/t13?,14?,15?,16-,17?,18?,20+,21-/m1/s1. The van der Waals surface area contributed by atoms with Gasteiger partial charge in [0.15, 0.2) is 0 Å². The predicted octanol–water partition coefficient (Wildman–Crippen LogP) is 3.74. The largest absolute Gasteiger partial charge is 0.328 e. The lowest BCUT2D eigenvalue weighted by Gasteiger charge is -2.60. The molecule has 0 bridgehead atoms. The molecule has 4 saturated carbocycles. The number of ketones is 2.